The van der Waals surface area contributed by atoms with Crippen molar-refractivity contribution in [2.75, 3.05) is 13.1 Å². The highest BCUT2D eigenvalue weighted by Gasteiger charge is 2.43. The second-order valence-electron chi connectivity index (χ2n) is 8.77. The first kappa shape index (κ1) is 19.5. The van der Waals surface area contributed by atoms with Crippen LogP contribution in [-0.4, -0.2) is 44.6 Å². The van der Waals surface area contributed by atoms with Crippen molar-refractivity contribution in [2.45, 2.75) is 38.8 Å². The summed E-state index contributed by atoms with van der Waals surface area (Å²) in [6.07, 6.45) is 3.52. The van der Waals surface area contributed by atoms with Crippen LogP contribution in [0.3, 0.4) is 0 Å². The van der Waals surface area contributed by atoms with E-state index < -0.39 is 5.92 Å². The summed E-state index contributed by atoms with van der Waals surface area (Å²) in [6.45, 7) is 10.4. The van der Waals surface area contributed by atoms with Gasteiger partial charge in [-0.3, -0.25) is 15.0 Å². The number of fused-ring (bicyclic) bond motifs is 1. The van der Waals surface area contributed by atoms with Crippen molar-refractivity contribution in [2.24, 2.45) is 0 Å². The van der Waals surface area contributed by atoms with E-state index in [-0.39, 0.29) is 18.6 Å². The zero-order valence-corrected chi connectivity index (χ0v) is 16.9. The third-order valence-electron chi connectivity index (χ3n) is 4.82. The highest BCUT2D eigenvalue weighted by Crippen LogP contribution is 2.30. The van der Waals surface area contributed by atoms with Crippen LogP contribution in [-0.2, 0) is 6.54 Å². The number of halogens is 2. The van der Waals surface area contributed by atoms with Crippen LogP contribution in [0.25, 0.3) is 27.7 Å². The van der Waals surface area contributed by atoms with E-state index in [1.165, 1.54) is 0 Å². The normalized spacial score (nSPS) is 16.6. The smallest absolute Gasteiger partial charge is 0.272 e. The molecule has 0 bridgehead atoms. The van der Waals surface area contributed by atoms with Crippen molar-refractivity contribution in [3.8, 4) is 11.1 Å². The van der Waals surface area contributed by atoms with Gasteiger partial charge < -0.3 is 5.32 Å². The Hall–Kier alpha value is -2.80. The van der Waals surface area contributed by atoms with Gasteiger partial charge in [0.1, 0.15) is 5.69 Å². The van der Waals surface area contributed by atoms with Crippen LogP contribution >= 0.6 is 0 Å². The second-order valence-corrected chi connectivity index (χ2v) is 8.77. The Morgan fingerprint density at radius 3 is 2.66 bits per heavy atom. The maximum atomic E-state index is 13.1. The van der Waals surface area contributed by atoms with Crippen molar-refractivity contribution < 1.29 is 8.78 Å². The highest BCUT2D eigenvalue weighted by atomic mass is 19.3. The van der Waals surface area contributed by atoms with Gasteiger partial charge in [0, 0.05) is 35.4 Å². The Morgan fingerprint density at radius 1 is 1.21 bits per heavy atom. The predicted octanol–water partition coefficient (Wildman–Crippen LogP) is 4.43. The van der Waals surface area contributed by atoms with Gasteiger partial charge in [-0.1, -0.05) is 12.6 Å². The number of hydrogen-bond donors (Lipinski definition) is 2. The Balaban J connectivity index is 1.60. The molecule has 0 amide bonds. The molecule has 0 saturated carbocycles. The van der Waals surface area contributed by atoms with E-state index in [0.29, 0.717) is 6.54 Å². The van der Waals surface area contributed by atoms with E-state index in [1.807, 2.05) is 18.2 Å². The summed E-state index contributed by atoms with van der Waals surface area (Å²) in [4.78, 5) is 6.04. The molecule has 0 radical (unpaired) electrons. The van der Waals surface area contributed by atoms with E-state index in [0.717, 1.165) is 39.0 Å². The van der Waals surface area contributed by atoms with Crippen molar-refractivity contribution >= 4 is 16.6 Å². The molecule has 0 unspecified atom stereocenters. The summed E-state index contributed by atoms with van der Waals surface area (Å²) < 4.78 is 26.2. The number of benzene rings is 1. The standard InChI is InChI=1S/C22H25F2N5/c1-14(26-21(2,3)4)20-18-8-16(5-6-19(18)27-28-20)17-7-15(9-25-10-17)11-29-12-22(23,24)13-29/h5-10,26H,1,11-13H2,2-4H3,(H,27,28). The van der Waals surface area contributed by atoms with Crippen molar-refractivity contribution in [1.82, 2.24) is 25.4 Å². The number of pyridine rings is 1. The first-order valence-electron chi connectivity index (χ1n) is 9.60. The molecular formula is C22H25F2N5. The zero-order chi connectivity index (χ0) is 20.8. The molecule has 2 aromatic heterocycles. The van der Waals surface area contributed by atoms with Crippen molar-refractivity contribution in [1.29, 1.82) is 0 Å². The molecule has 2 N–H and O–H groups in total. The number of nitrogens with zero attached hydrogens (tertiary/aromatic N) is 3. The fourth-order valence-electron chi connectivity index (χ4n) is 3.65. The summed E-state index contributed by atoms with van der Waals surface area (Å²) in [5, 5.41) is 11.8. The van der Waals surface area contributed by atoms with E-state index in [9.17, 15) is 8.78 Å². The third-order valence-corrected chi connectivity index (χ3v) is 4.82. The lowest BCUT2D eigenvalue weighted by atomic mass is 10.0. The van der Waals surface area contributed by atoms with Gasteiger partial charge in [-0.25, -0.2) is 8.78 Å². The van der Waals surface area contributed by atoms with Gasteiger partial charge in [-0.2, -0.15) is 5.10 Å². The number of rotatable bonds is 5. The quantitative estimate of drug-likeness (QED) is 0.669. The summed E-state index contributed by atoms with van der Waals surface area (Å²) >= 11 is 0. The molecule has 1 aliphatic rings. The number of aromatic amines is 1. The molecule has 1 aromatic carbocycles. The monoisotopic (exact) mass is 397 g/mol. The van der Waals surface area contributed by atoms with E-state index in [2.05, 4.69) is 53.9 Å². The van der Waals surface area contributed by atoms with E-state index >= 15 is 0 Å². The number of aromatic nitrogens is 3. The predicted molar refractivity (Wildman–Crippen MR) is 111 cm³/mol. The van der Waals surface area contributed by atoms with Gasteiger partial charge in [0.15, 0.2) is 0 Å². The molecule has 0 aliphatic carbocycles. The molecule has 5 nitrogen and oxygen atoms in total. The molecule has 3 heterocycles. The fraction of sp³-hybridized carbons (Fsp3) is 0.364. The fourth-order valence-corrected chi connectivity index (χ4v) is 3.65. The average molecular weight is 397 g/mol. The van der Waals surface area contributed by atoms with Gasteiger partial charge in [0.05, 0.1) is 24.3 Å². The van der Waals surface area contributed by atoms with E-state index in [1.54, 1.807) is 17.3 Å². The SMILES string of the molecule is C=C(NC(C)(C)C)c1n[nH]c2ccc(-c3cncc(CN4CC(F)(F)C4)c3)cc12. The minimum Gasteiger partial charge on any atom is -0.379 e. The van der Waals surface area contributed by atoms with Crippen molar-refractivity contribution in [3.05, 3.63) is 54.5 Å². The van der Waals surface area contributed by atoms with Gasteiger partial charge in [-0.05, 0) is 50.1 Å². The van der Waals surface area contributed by atoms with Crippen LogP contribution in [0, 0.1) is 0 Å². The molecule has 1 aliphatic heterocycles. The lowest BCUT2D eigenvalue weighted by molar-refractivity contribution is -0.133. The third kappa shape index (κ3) is 4.29. The van der Waals surface area contributed by atoms with Crippen LogP contribution in [0.2, 0.25) is 0 Å². The first-order chi connectivity index (χ1) is 13.6. The molecule has 0 spiro atoms. The molecule has 1 saturated heterocycles. The van der Waals surface area contributed by atoms with Crippen LogP contribution in [0.5, 0.6) is 0 Å². The van der Waals surface area contributed by atoms with Gasteiger partial charge in [-0.15, -0.1) is 0 Å². The molecule has 29 heavy (non-hydrogen) atoms. The zero-order valence-electron chi connectivity index (χ0n) is 16.9. The van der Waals surface area contributed by atoms with E-state index in [4.69, 9.17) is 0 Å². The van der Waals surface area contributed by atoms with Crippen molar-refractivity contribution in [3.63, 3.8) is 0 Å². The topological polar surface area (TPSA) is 56.8 Å². The van der Waals surface area contributed by atoms with Gasteiger partial charge in [0.25, 0.3) is 5.92 Å². The maximum absolute atomic E-state index is 13.1. The minimum atomic E-state index is -2.56. The maximum Gasteiger partial charge on any atom is 0.272 e. The molecule has 152 valence electrons. The Labute approximate surface area is 168 Å². The van der Waals surface area contributed by atoms with Gasteiger partial charge in [0.2, 0.25) is 0 Å². The summed E-state index contributed by atoms with van der Waals surface area (Å²) in [5.74, 6) is -2.56. The number of likely N-dealkylation sites (tertiary alicyclic amines) is 1. The second kappa shape index (κ2) is 6.91. The lowest BCUT2D eigenvalue weighted by Gasteiger charge is -2.38. The summed E-state index contributed by atoms with van der Waals surface area (Å²) in [7, 11) is 0. The van der Waals surface area contributed by atoms with Crippen LogP contribution in [0.1, 0.15) is 32.0 Å². The van der Waals surface area contributed by atoms with Crippen LogP contribution in [0.15, 0.2) is 43.2 Å². The number of hydrogen-bond acceptors (Lipinski definition) is 4. The Morgan fingerprint density at radius 2 is 1.97 bits per heavy atom. The number of alkyl halides is 2. The Bertz CT molecular complexity index is 1060. The molecule has 7 heteroatoms. The molecule has 4 rings (SSSR count). The Kier molecular flexibility index (Phi) is 4.65. The van der Waals surface area contributed by atoms with Gasteiger partial charge >= 0.3 is 0 Å². The summed E-state index contributed by atoms with van der Waals surface area (Å²) in [5.41, 5.74) is 5.20. The highest BCUT2D eigenvalue weighted by molar-refractivity contribution is 5.92. The molecule has 1 fully saturated rings. The number of nitrogens with one attached hydrogen (secondary N) is 2. The molecule has 3 aromatic rings. The van der Waals surface area contributed by atoms with Crippen LogP contribution in [0.4, 0.5) is 8.78 Å². The molecule has 0 atom stereocenters. The lowest BCUT2D eigenvalue weighted by Crippen LogP contribution is -2.55. The minimum absolute atomic E-state index is 0.119. The molecular weight excluding hydrogens is 372 g/mol. The average Bonchev–Trinajstić information content (AvgIpc) is 3.02. The van der Waals surface area contributed by atoms with Crippen LogP contribution < -0.4 is 5.32 Å². The number of H-pyrrole nitrogens is 1. The largest absolute Gasteiger partial charge is 0.379 e. The first-order valence-corrected chi connectivity index (χ1v) is 9.60. The summed E-state index contributed by atoms with van der Waals surface area (Å²) in [6, 6.07) is 8.05.